The molecule has 1 aromatic carbocycles. The van der Waals surface area contributed by atoms with Gasteiger partial charge in [-0.1, -0.05) is 29.8 Å². The molecule has 4 atom stereocenters. The van der Waals surface area contributed by atoms with Gasteiger partial charge >= 0.3 is 5.97 Å². The molecule has 136 valence electrons. The number of halogens is 1. The standard InChI is InChI=1S/C20H14ClNO4S/c21-12-5-6-14(26-20(25)15-2-1-7-27-15)13(9-12)22-18(23)16-10-3-4-11(8-10)17(16)19(22)24/h1-7,9-11,16-17H,8H2/t10-,11-,16-,17-/m0/s1. The lowest BCUT2D eigenvalue weighted by atomic mass is 9.85. The van der Waals surface area contributed by atoms with Crippen molar-refractivity contribution in [2.75, 3.05) is 4.90 Å². The highest BCUT2D eigenvalue weighted by Gasteiger charge is 2.60. The summed E-state index contributed by atoms with van der Waals surface area (Å²) >= 11 is 7.38. The number of hydrogen-bond donors (Lipinski definition) is 0. The van der Waals surface area contributed by atoms with Crippen molar-refractivity contribution >= 4 is 46.4 Å². The summed E-state index contributed by atoms with van der Waals surface area (Å²) in [5.41, 5.74) is 0.233. The van der Waals surface area contributed by atoms with E-state index in [-0.39, 0.29) is 46.9 Å². The maximum absolute atomic E-state index is 13.1. The summed E-state index contributed by atoms with van der Waals surface area (Å²) in [6.07, 6.45) is 4.93. The summed E-state index contributed by atoms with van der Waals surface area (Å²) in [5.74, 6) is -1.29. The third-order valence-electron chi connectivity index (χ3n) is 5.56. The molecule has 1 saturated carbocycles. The number of esters is 1. The van der Waals surface area contributed by atoms with Crippen molar-refractivity contribution in [2.45, 2.75) is 6.42 Å². The number of hydrogen-bond acceptors (Lipinski definition) is 5. The number of imide groups is 1. The van der Waals surface area contributed by atoms with Crippen LogP contribution in [0.25, 0.3) is 0 Å². The number of thiophene rings is 1. The molecule has 1 aromatic heterocycles. The van der Waals surface area contributed by atoms with Crippen LogP contribution >= 0.6 is 22.9 Å². The maximum atomic E-state index is 13.1. The van der Waals surface area contributed by atoms with E-state index in [1.807, 2.05) is 12.2 Å². The summed E-state index contributed by atoms with van der Waals surface area (Å²) in [6.45, 7) is 0. The average Bonchev–Trinajstić information content (AvgIpc) is 3.42. The number of anilines is 1. The number of carbonyl (C=O) groups excluding carboxylic acids is 3. The Kier molecular flexibility index (Phi) is 3.74. The van der Waals surface area contributed by atoms with Gasteiger partial charge in [-0.3, -0.25) is 9.59 Å². The van der Waals surface area contributed by atoms with Crippen LogP contribution in [0, 0.1) is 23.7 Å². The summed E-state index contributed by atoms with van der Waals surface area (Å²) in [7, 11) is 0. The zero-order valence-electron chi connectivity index (χ0n) is 14.0. The first-order valence-electron chi connectivity index (χ1n) is 8.66. The molecule has 2 amide bonds. The minimum absolute atomic E-state index is 0.109. The number of carbonyl (C=O) groups is 3. The minimum atomic E-state index is -0.533. The van der Waals surface area contributed by atoms with Gasteiger partial charge in [0.1, 0.15) is 4.88 Å². The van der Waals surface area contributed by atoms with Gasteiger partial charge < -0.3 is 4.74 Å². The number of ether oxygens (including phenoxy) is 1. The Bertz CT molecular complexity index is 969. The molecule has 0 radical (unpaired) electrons. The third-order valence-corrected chi connectivity index (χ3v) is 6.64. The lowest BCUT2D eigenvalue weighted by Gasteiger charge is -2.20. The molecule has 2 aliphatic carbocycles. The van der Waals surface area contributed by atoms with Crippen LogP contribution in [-0.4, -0.2) is 17.8 Å². The Morgan fingerprint density at radius 3 is 2.44 bits per heavy atom. The van der Waals surface area contributed by atoms with Gasteiger partial charge in [0.2, 0.25) is 11.8 Å². The third kappa shape index (κ3) is 2.47. The summed E-state index contributed by atoms with van der Waals surface area (Å²) in [5, 5.41) is 2.14. The Morgan fingerprint density at radius 2 is 1.81 bits per heavy atom. The van der Waals surface area contributed by atoms with Crippen molar-refractivity contribution in [3.8, 4) is 5.75 Å². The molecule has 5 nitrogen and oxygen atoms in total. The molecule has 3 aliphatic rings. The fraction of sp³-hybridized carbons (Fsp3) is 0.250. The number of amides is 2. The summed E-state index contributed by atoms with van der Waals surface area (Å²) in [6, 6.07) is 8.00. The zero-order valence-corrected chi connectivity index (χ0v) is 15.6. The van der Waals surface area contributed by atoms with Crippen molar-refractivity contribution in [1.82, 2.24) is 0 Å². The highest BCUT2D eigenvalue weighted by molar-refractivity contribution is 7.12. The number of fused-ring (bicyclic) bond motifs is 5. The van der Waals surface area contributed by atoms with Crippen LogP contribution in [-0.2, 0) is 9.59 Å². The van der Waals surface area contributed by atoms with Crippen molar-refractivity contribution < 1.29 is 19.1 Å². The molecule has 1 saturated heterocycles. The molecule has 27 heavy (non-hydrogen) atoms. The van der Waals surface area contributed by atoms with Crippen molar-refractivity contribution in [2.24, 2.45) is 23.7 Å². The van der Waals surface area contributed by atoms with Crippen LogP contribution in [0.4, 0.5) is 5.69 Å². The van der Waals surface area contributed by atoms with Crippen molar-refractivity contribution in [1.29, 1.82) is 0 Å². The monoisotopic (exact) mass is 399 g/mol. The van der Waals surface area contributed by atoms with E-state index in [2.05, 4.69) is 0 Å². The van der Waals surface area contributed by atoms with Gasteiger partial charge in [0, 0.05) is 5.02 Å². The number of allylic oxidation sites excluding steroid dienone is 2. The second kappa shape index (κ2) is 6.04. The van der Waals surface area contributed by atoms with Crippen LogP contribution in [0.15, 0.2) is 47.9 Å². The van der Waals surface area contributed by atoms with E-state index >= 15 is 0 Å². The van der Waals surface area contributed by atoms with Crippen LogP contribution in [0.2, 0.25) is 5.02 Å². The van der Waals surface area contributed by atoms with Crippen molar-refractivity contribution in [3.05, 3.63) is 57.8 Å². The first-order chi connectivity index (χ1) is 13.0. The van der Waals surface area contributed by atoms with E-state index in [0.29, 0.717) is 9.90 Å². The van der Waals surface area contributed by atoms with Gasteiger partial charge in [-0.2, -0.15) is 0 Å². The smallest absolute Gasteiger partial charge is 0.353 e. The average molecular weight is 400 g/mol. The second-order valence-electron chi connectivity index (χ2n) is 6.99. The normalized spacial score (nSPS) is 28.1. The van der Waals surface area contributed by atoms with E-state index in [4.69, 9.17) is 16.3 Å². The van der Waals surface area contributed by atoms with Crippen LogP contribution in [0.5, 0.6) is 5.75 Å². The minimum Gasteiger partial charge on any atom is -0.420 e. The Morgan fingerprint density at radius 1 is 1.11 bits per heavy atom. The van der Waals surface area contributed by atoms with Gasteiger partial charge in [-0.05, 0) is 47.9 Å². The molecular weight excluding hydrogens is 386 g/mol. The van der Waals surface area contributed by atoms with E-state index in [9.17, 15) is 14.4 Å². The van der Waals surface area contributed by atoms with Crippen LogP contribution in [0.3, 0.4) is 0 Å². The van der Waals surface area contributed by atoms with Crippen molar-refractivity contribution in [3.63, 3.8) is 0 Å². The Labute approximate surface area is 164 Å². The molecule has 5 rings (SSSR count). The molecule has 1 aliphatic heterocycles. The van der Waals surface area contributed by atoms with E-state index in [1.54, 1.807) is 23.6 Å². The quantitative estimate of drug-likeness (QED) is 0.339. The molecule has 2 bridgehead atoms. The fourth-order valence-corrected chi connectivity index (χ4v) is 5.20. The van der Waals surface area contributed by atoms with E-state index in [1.165, 1.54) is 23.5 Å². The second-order valence-corrected chi connectivity index (χ2v) is 8.37. The van der Waals surface area contributed by atoms with Crippen LogP contribution < -0.4 is 9.64 Å². The highest BCUT2D eigenvalue weighted by Crippen LogP contribution is 2.54. The molecule has 2 heterocycles. The topological polar surface area (TPSA) is 63.7 Å². The maximum Gasteiger partial charge on any atom is 0.353 e. The molecule has 0 N–H and O–H groups in total. The SMILES string of the molecule is O=C(Oc1ccc(Cl)cc1N1C(=O)[C@@H]2[C@@H](C1=O)[C@H]1C=C[C@H]2C1)c1cccs1. The molecule has 7 heteroatoms. The molecule has 0 unspecified atom stereocenters. The molecule has 0 spiro atoms. The largest absolute Gasteiger partial charge is 0.420 e. The summed E-state index contributed by atoms with van der Waals surface area (Å²) < 4.78 is 5.50. The predicted octanol–water partition coefficient (Wildman–Crippen LogP) is 3.93. The van der Waals surface area contributed by atoms with Gasteiger partial charge in [-0.25, -0.2) is 9.69 Å². The molecule has 2 fully saturated rings. The first-order valence-corrected chi connectivity index (χ1v) is 9.92. The number of nitrogens with zero attached hydrogens (tertiary/aromatic N) is 1. The Balaban J connectivity index is 1.52. The zero-order chi connectivity index (χ0) is 18.7. The lowest BCUT2D eigenvalue weighted by Crippen LogP contribution is -2.33. The van der Waals surface area contributed by atoms with Gasteiger partial charge in [0.25, 0.3) is 0 Å². The van der Waals surface area contributed by atoms with Gasteiger partial charge in [-0.15, -0.1) is 11.3 Å². The fourth-order valence-electron chi connectivity index (χ4n) is 4.44. The summed E-state index contributed by atoms with van der Waals surface area (Å²) in [4.78, 5) is 40.1. The van der Waals surface area contributed by atoms with E-state index in [0.717, 1.165) is 11.3 Å². The first kappa shape index (κ1) is 16.7. The highest BCUT2D eigenvalue weighted by atomic mass is 35.5. The molecular formula is C20H14ClNO4S. The van der Waals surface area contributed by atoms with Gasteiger partial charge in [0.05, 0.1) is 17.5 Å². The lowest BCUT2D eigenvalue weighted by molar-refractivity contribution is -0.123. The Hall–Kier alpha value is -2.44. The van der Waals surface area contributed by atoms with E-state index < -0.39 is 5.97 Å². The predicted molar refractivity (Wildman–Crippen MR) is 101 cm³/mol. The number of benzene rings is 1. The number of rotatable bonds is 3. The van der Waals surface area contributed by atoms with Gasteiger partial charge in [0.15, 0.2) is 5.75 Å². The molecule has 2 aromatic rings. The van der Waals surface area contributed by atoms with Crippen LogP contribution in [0.1, 0.15) is 16.1 Å².